The SMILES string of the molecule is CCOC1COC2=C(O1)c1cccc3cccc2c13. The Morgan fingerprint density at radius 3 is 2.58 bits per heavy atom. The normalized spacial score (nSPS) is 20.2. The van der Waals surface area contributed by atoms with Crippen LogP contribution in [0.25, 0.3) is 22.3 Å². The minimum Gasteiger partial charge on any atom is -0.482 e. The van der Waals surface area contributed by atoms with Gasteiger partial charge in [0.1, 0.15) is 0 Å². The molecule has 0 N–H and O–H groups in total. The van der Waals surface area contributed by atoms with E-state index in [1.54, 1.807) is 0 Å². The molecule has 19 heavy (non-hydrogen) atoms. The summed E-state index contributed by atoms with van der Waals surface area (Å²) in [5.74, 6) is 1.67. The van der Waals surface area contributed by atoms with Crippen LogP contribution in [0.2, 0.25) is 0 Å². The second-order valence-corrected chi connectivity index (χ2v) is 4.68. The summed E-state index contributed by atoms with van der Waals surface area (Å²) in [7, 11) is 0. The van der Waals surface area contributed by atoms with Crippen molar-refractivity contribution in [1.82, 2.24) is 0 Å². The molecule has 3 nitrogen and oxygen atoms in total. The molecule has 1 atom stereocenters. The van der Waals surface area contributed by atoms with Gasteiger partial charge in [-0.3, -0.25) is 0 Å². The van der Waals surface area contributed by atoms with Gasteiger partial charge < -0.3 is 14.2 Å². The molecule has 1 unspecified atom stereocenters. The molecule has 4 rings (SSSR count). The lowest BCUT2D eigenvalue weighted by atomic mass is 10.0. The smallest absolute Gasteiger partial charge is 0.234 e. The molecule has 0 amide bonds. The molecule has 0 saturated carbocycles. The molecule has 3 heteroatoms. The minimum atomic E-state index is -0.312. The average molecular weight is 254 g/mol. The summed E-state index contributed by atoms with van der Waals surface area (Å²) in [5, 5.41) is 2.43. The third-order valence-corrected chi connectivity index (χ3v) is 3.57. The first-order chi connectivity index (χ1) is 9.38. The summed E-state index contributed by atoms with van der Waals surface area (Å²) in [6, 6.07) is 12.5. The summed E-state index contributed by atoms with van der Waals surface area (Å²) >= 11 is 0. The van der Waals surface area contributed by atoms with E-state index >= 15 is 0 Å². The van der Waals surface area contributed by atoms with Gasteiger partial charge >= 0.3 is 0 Å². The maximum atomic E-state index is 5.96. The fourth-order valence-electron chi connectivity index (χ4n) is 2.81. The lowest BCUT2D eigenvalue weighted by Gasteiger charge is -2.26. The Kier molecular flexibility index (Phi) is 2.29. The largest absolute Gasteiger partial charge is 0.482 e. The van der Waals surface area contributed by atoms with Crippen LogP contribution in [0.1, 0.15) is 18.1 Å². The Bertz CT molecular complexity index is 682. The molecule has 0 aromatic heterocycles. The van der Waals surface area contributed by atoms with Crippen LogP contribution in [0, 0.1) is 0 Å². The first kappa shape index (κ1) is 10.9. The van der Waals surface area contributed by atoms with E-state index in [2.05, 4.69) is 30.3 Å². The van der Waals surface area contributed by atoms with Gasteiger partial charge in [-0.25, -0.2) is 0 Å². The highest BCUT2D eigenvalue weighted by Gasteiger charge is 2.33. The molecule has 0 fully saturated rings. The van der Waals surface area contributed by atoms with E-state index in [9.17, 15) is 0 Å². The van der Waals surface area contributed by atoms with Crippen LogP contribution < -0.4 is 0 Å². The van der Waals surface area contributed by atoms with Gasteiger partial charge in [0, 0.05) is 23.1 Å². The second kappa shape index (κ2) is 4.00. The van der Waals surface area contributed by atoms with Crippen LogP contribution in [0.4, 0.5) is 0 Å². The Labute approximate surface area is 111 Å². The Morgan fingerprint density at radius 2 is 1.84 bits per heavy atom. The van der Waals surface area contributed by atoms with Crippen LogP contribution in [0.5, 0.6) is 0 Å². The van der Waals surface area contributed by atoms with Gasteiger partial charge in [-0.15, -0.1) is 0 Å². The fraction of sp³-hybridized carbons (Fsp3) is 0.250. The van der Waals surface area contributed by atoms with Crippen LogP contribution in [-0.4, -0.2) is 19.5 Å². The molecule has 1 aliphatic carbocycles. The van der Waals surface area contributed by atoms with Gasteiger partial charge in [0.25, 0.3) is 0 Å². The maximum absolute atomic E-state index is 5.96. The first-order valence-corrected chi connectivity index (χ1v) is 6.56. The molecule has 2 aliphatic rings. The van der Waals surface area contributed by atoms with E-state index in [4.69, 9.17) is 14.2 Å². The molecule has 0 spiro atoms. The number of fused-ring (bicyclic) bond motifs is 2. The van der Waals surface area contributed by atoms with Crippen molar-refractivity contribution >= 4 is 22.3 Å². The molecule has 1 heterocycles. The summed E-state index contributed by atoms with van der Waals surface area (Å²) < 4.78 is 17.3. The van der Waals surface area contributed by atoms with Gasteiger partial charge in [-0.05, 0) is 12.3 Å². The zero-order valence-electron chi connectivity index (χ0n) is 10.7. The quantitative estimate of drug-likeness (QED) is 0.822. The van der Waals surface area contributed by atoms with Gasteiger partial charge in [0.2, 0.25) is 6.29 Å². The Balaban J connectivity index is 1.87. The summed E-state index contributed by atoms with van der Waals surface area (Å²) in [6.45, 7) is 3.02. The third-order valence-electron chi connectivity index (χ3n) is 3.57. The molecule has 0 bridgehead atoms. The maximum Gasteiger partial charge on any atom is 0.234 e. The van der Waals surface area contributed by atoms with Crippen molar-refractivity contribution in [3.05, 3.63) is 47.5 Å². The number of hydrogen-bond donors (Lipinski definition) is 0. The molecule has 96 valence electrons. The molecule has 2 aromatic carbocycles. The lowest BCUT2D eigenvalue weighted by Crippen LogP contribution is -2.26. The van der Waals surface area contributed by atoms with Gasteiger partial charge in [0.05, 0.1) is 0 Å². The highest BCUT2D eigenvalue weighted by atomic mass is 16.7. The Hall–Kier alpha value is -2.00. The number of benzene rings is 2. The summed E-state index contributed by atoms with van der Waals surface area (Å²) in [5.41, 5.74) is 2.23. The van der Waals surface area contributed by atoms with Crippen molar-refractivity contribution in [3.63, 3.8) is 0 Å². The van der Waals surface area contributed by atoms with E-state index < -0.39 is 0 Å². The van der Waals surface area contributed by atoms with Crippen LogP contribution in [-0.2, 0) is 14.2 Å². The van der Waals surface area contributed by atoms with Crippen molar-refractivity contribution in [1.29, 1.82) is 0 Å². The van der Waals surface area contributed by atoms with Crippen molar-refractivity contribution in [2.24, 2.45) is 0 Å². The standard InChI is InChI=1S/C16H14O3/c1-2-17-13-9-18-15-11-7-3-5-10-6-4-8-12(14(10)11)16(15)19-13/h3-8,13H,2,9H2,1H3. The molecular weight excluding hydrogens is 240 g/mol. The van der Waals surface area contributed by atoms with E-state index in [0.717, 1.165) is 22.6 Å². The highest BCUT2D eigenvalue weighted by Crippen LogP contribution is 2.45. The van der Waals surface area contributed by atoms with Crippen molar-refractivity contribution < 1.29 is 14.2 Å². The molecular formula is C16H14O3. The van der Waals surface area contributed by atoms with Crippen LogP contribution in [0.3, 0.4) is 0 Å². The average Bonchev–Trinajstić information content (AvgIpc) is 2.77. The Morgan fingerprint density at radius 1 is 1.11 bits per heavy atom. The number of hydrogen-bond acceptors (Lipinski definition) is 3. The molecule has 1 aliphatic heterocycles. The van der Waals surface area contributed by atoms with Crippen molar-refractivity contribution in [3.8, 4) is 0 Å². The second-order valence-electron chi connectivity index (χ2n) is 4.68. The summed E-state index contributed by atoms with van der Waals surface area (Å²) in [4.78, 5) is 0. The number of rotatable bonds is 2. The lowest BCUT2D eigenvalue weighted by molar-refractivity contribution is -0.128. The van der Waals surface area contributed by atoms with Crippen LogP contribution >= 0.6 is 0 Å². The fourth-order valence-corrected chi connectivity index (χ4v) is 2.81. The topological polar surface area (TPSA) is 27.7 Å². The van der Waals surface area contributed by atoms with E-state index in [-0.39, 0.29) is 6.29 Å². The predicted molar refractivity (Wildman–Crippen MR) is 73.2 cm³/mol. The van der Waals surface area contributed by atoms with Gasteiger partial charge in [-0.1, -0.05) is 36.4 Å². The van der Waals surface area contributed by atoms with Gasteiger partial charge in [0.15, 0.2) is 18.1 Å². The monoisotopic (exact) mass is 254 g/mol. The third kappa shape index (κ3) is 1.48. The van der Waals surface area contributed by atoms with Gasteiger partial charge in [-0.2, -0.15) is 0 Å². The van der Waals surface area contributed by atoms with E-state index in [1.807, 2.05) is 13.0 Å². The van der Waals surface area contributed by atoms with E-state index in [0.29, 0.717) is 13.2 Å². The first-order valence-electron chi connectivity index (χ1n) is 6.56. The van der Waals surface area contributed by atoms with Crippen molar-refractivity contribution in [2.75, 3.05) is 13.2 Å². The van der Waals surface area contributed by atoms with Crippen molar-refractivity contribution in [2.45, 2.75) is 13.2 Å². The molecule has 0 radical (unpaired) electrons. The zero-order valence-corrected chi connectivity index (χ0v) is 10.7. The van der Waals surface area contributed by atoms with E-state index in [1.165, 1.54) is 10.8 Å². The zero-order chi connectivity index (χ0) is 12.8. The minimum absolute atomic E-state index is 0.312. The summed E-state index contributed by atoms with van der Waals surface area (Å²) in [6.07, 6.45) is -0.312. The van der Waals surface area contributed by atoms with Crippen LogP contribution in [0.15, 0.2) is 36.4 Å². The molecule has 0 saturated heterocycles. The number of ether oxygens (including phenoxy) is 3. The predicted octanol–water partition coefficient (Wildman–Crippen LogP) is 3.39. The highest BCUT2D eigenvalue weighted by molar-refractivity contribution is 6.10. The molecule has 2 aromatic rings.